The molecule has 1 heterocycles. The van der Waals surface area contributed by atoms with Gasteiger partial charge in [0.05, 0.1) is 27.9 Å². The number of nitrogens with zero attached hydrogens (tertiary/aromatic N) is 1. The van der Waals surface area contributed by atoms with Gasteiger partial charge in [0.15, 0.2) is 9.84 Å². The first-order chi connectivity index (χ1) is 13.4. The molecule has 0 radical (unpaired) electrons. The SMILES string of the molecule is O=C(O)c1ccc(-c2ccccc2)cc1CS(=O)(=O)c1ccc2[nH]ncc2c1. The van der Waals surface area contributed by atoms with Gasteiger partial charge in [-0.05, 0) is 47.0 Å². The quantitative estimate of drug-likeness (QED) is 0.536. The van der Waals surface area contributed by atoms with E-state index in [4.69, 9.17) is 0 Å². The minimum atomic E-state index is -3.74. The number of benzene rings is 3. The van der Waals surface area contributed by atoms with Crippen LogP contribution in [0.15, 0.2) is 77.8 Å². The Balaban J connectivity index is 1.77. The van der Waals surface area contributed by atoms with E-state index in [1.807, 2.05) is 30.3 Å². The fourth-order valence-electron chi connectivity index (χ4n) is 3.13. The van der Waals surface area contributed by atoms with Crippen molar-refractivity contribution < 1.29 is 18.3 Å². The van der Waals surface area contributed by atoms with Crippen LogP contribution in [0.2, 0.25) is 0 Å². The maximum atomic E-state index is 13.0. The predicted octanol–water partition coefficient (Wildman–Crippen LogP) is 3.90. The van der Waals surface area contributed by atoms with E-state index in [1.165, 1.54) is 18.2 Å². The van der Waals surface area contributed by atoms with Gasteiger partial charge in [0.25, 0.3) is 0 Å². The van der Waals surface area contributed by atoms with E-state index in [0.29, 0.717) is 5.39 Å². The van der Waals surface area contributed by atoms with Crippen LogP contribution in [0.5, 0.6) is 0 Å². The fourth-order valence-corrected chi connectivity index (χ4v) is 4.53. The van der Waals surface area contributed by atoms with Gasteiger partial charge in [-0.2, -0.15) is 5.10 Å². The zero-order valence-corrected chi connectivity index (χ0v) is 15.5. The second kappa shape index (κ2) is 6.94. The van der Waals surface area contributed by atoms with Crippen molar-refractivity contribution in [3.05, 3.63) is 84.1 Å². The molecule has 28 heavy (non-hydrogen) atoms. The number of fused-ring (bicyclic) bond motifs is 1. The van der Waals surface area contributed by atoms with Crippen LogP contribution in [0.4, 0.5) is 0 Å². The number of H-pyrrole nitrogens is 1. The van der Waals surface area contributed by atoms with Gasteiger partial charge >= 0.3 is 5.97 Å². The molecule has 0 amide bonds. The molecular weight excluding hydrogens is 376 g/mol. The summed E-state index contributed by atoms with van der Waals surface area (Å²) in [5, 5.41) is 16.8. The lowest BCUT2D eigenvalue weighted by atomic mass is 10.00. The van der Waals surface area contributed by atoms with Gasteiger partial charge in [-0.1, -0.05) is 36.4 Å². The van der Waals surface area contributed by atoms with E-state index < -0.39 is 21.6 Å². The molecule has 0 fully saturated rings. The lowest BCUT2D eigenvalue weighted by molar-refractivity contribution is 0.0696. The zero-order chi connectivity index (χ0) is 19.7. The Morgan fingerprint density at radius 1 is 0.964 bits per heavy atom. The number of sulfone groups is 1. The maximum absolute atomic E-state index is 13.0. The highest BCUT2D eigenvalue weighted by atomic mass is 32.2. The van der Waals surface area contributed by atoms with E-state index in [0.717, 1.165) is 16.6 Å². The number of nitrogens with one attached hydrogen (secondary N) is 1. The second-order valence-electron chi connectivity index (χ2n) is 6.42. The Kier molecular flexibility index (Phi) is 4.44. The van der Waals surface area contributed by atoms with Gasteiger partial charge in [0, 0.05) is 5.39 Å². The minimum absolute atomic E-state index is 0.0207. The maximum Gasteiger partial charge on any atom is 0.335 e. The van der Waals surface area contributed by atoms with Crippen LogP contribution in [-0.4, -0.2) is 29.7 Å². The molecule has 1 aromatic heterocycles. The van der Waals surface area contributed by atoms with Crippen molar-refractivity contribution in [3.63, 3.8) is 0 Å². The number of aromatic nitrogens is 2. The first kappa shape index (κ1) is 17.9. The number of carboxylic acid groups (broad SMARTS) is 1. The Morgan fingerprint density at radius 3 is 2.50 bits per heavy atom. The Labute approximate surface area is 161 Å². The number of hydrogen-bond acceptors (Lipinski definition) is 4. The third-order valence-corrected chi connectivity index (χ3v) is 6.22. The monoisotopic (exact) mass is 392 g/mol. The summed E-state index contributed by atoms with van der Waals surface area (Å²) in [6.07, 6.45) is 1.55. The molecule has 0 aliphatic carbocycles. The van der Waals surface area contributed by atoms with Crippen LogP contribution >= 0.6 is 0 Å². The molecule has 3 aromatic carbocycles. The molecule has 0 aliphatic heterocycles. The van der Waals surface area contributed by atoms with Gasteiger partial charge < -0.3 is 5.11 Å². The average Bonchev–Trinajstić information content (AvgIpc) is 3.16. The summed E-state index contributed by atoms with van der Waals surface area (Å²) in [6.45, 7) is 0. The van der Waals surface area contributed by atoms with Crippen molar-refractivity contribution in [2.75, 3.05) is 0 Å². The topological polar surface area (TPSA) is 100 Å². The van der Waals surface area contributed by atoms with Gasteiger partial charge in [-0.15, -0.1) is 0 Å². The van der Waals surface area contributed by atoms with Crippen molar-refractivity contribution in [2.45, 2.75) is 10.6 Å². The van der Waals surface area contributed by atoms with Crippen molar-refractivity contribution in [2.24, 2.45) is 0 Å². The molecule has 0 aliphatic rings. The third-order valence-electron chi connectivity index (χ3n) is 4.56. The molecule has 7 heteroatoms. The molecule has 0 saturated heterocycles. The van der Waals surface area contributed by atoms with Crippen molar-refractivity contribution >= 4 is 26.7 Å². The summed E-state index contributed by atoms with van der Waals surface area (Å²) in [4.78, 5) is 11.8. The Bertz CT molecular complexity index is 1280. The van der Waals surface area contributed by atoms with Gasteiger partial charge in [0.2, 0.25) is 0 Å². The molecule has 0 unspecified atom stereocenters. The van der Waals surface area contributed by atoms with E-state index in [1.54, 1.807) is 24.4 Å². The van der Waals surface area contributed by atoms with Gasteiger partial charge in [-0.25, -0.2) is 13.2 Å². The Hall–Kier alpha value is -3.45. The smallest absolute Gasteiger partial charge is 0.335 e. The van der Waals surface area contributed by atoms with E-state index in [9.17, 15) is 18.3 Å². The second-order valence-corrected chi connectivity index (χ2v) is 8.41. The zero-order valence-electron chi connectivity index (χ0n) is 14.7. The first-order valence-corrected chi connectivity index (χ1v) is 10.2. The molecular formula is C21H16N2O4S. The van der Waals surface area contributed by atoms with Crippen LogP contribution in [-0.2, 0) is 15.6 Å². The molecule has 2 N–H and O–H groups in total. The van der Waals surface area contributed by atoms with Crippen molar-refractivity contribution in [1.29, 1.82) is 0 Å². The molecule has 4 rings (SSSR count). The van der Waals surface area contributed by atoms with E-state index in [-0.39, 0.29) is 16.0 Å². The summed E-state index contributed by atoms with van der Waals surface area (Å²) in [7, 11) is -3.74. The number of carboxylic acids is 1. The summed E-state index contributed by atoms with van der Waals surface area (Å²) >= 11 is 0. The highest BCUT2D eigenvalue weighted by Crippen LogP contribution is 2.27. The van der Waals surface area contributed by atoms with Crippen LogP contribution in [0.1, 0.15) is 15.9 Å². The van der Waals surface area contributed by atoms with Crippen LogP contribution in [0.25, 0.3) is 22.0 Å². The summed E-state index contributed by atoms with van der Waals surface area (Å²) in [6, 6.07) is 18.9. The number of hydrogen-bond donors (Lipinski definition) is 2. The molecule has 0 saturated carbocycles. The predicted molar refractivity (Wildman–Crippen MR) is 106 cm³/mol. The van der Waals surface area contributed by atoms with E-state index in [2.05, 4.69) is 10.2 Å². The van der Waals surface area contributed by atoms with Crippen LogP contribution in [0.3, 0.4) is 0 Å². The highest BCUT2D eigenvalue weighted by molar-refractivity contribution is 7.90. The van der Waals surface area contributed by atoms with Gasteiger partial charge in [-0.3, -0.25) is 5.10 Å². The van der Waals surface area contributed by atoms with Crippen molar-refractivity contribution in [3.8, 4) is 11.1 Å². The highest BCUT2D eigenvalue weighted by Gasteiger charge is 2.21. The third kappa shape index (κ3) is 3.39. The van der Waals surface area contributed by atoms with Gasteiger partial charge in [0.1, 0.15) is 0 Å². The van der Waals surface area contributed by atoms with Crippen LogP contribution in [0, 0.1) is 0 Å². The number of aromatic amines is 1. The summed E-state index contributed by atoms with van der Waals surface area (Å²) < 4.78 is 25.9. The fraction of sp³-hybridized carbons (Fsp3) is 0.0476. The van der Waals surface area contributed by atoms with Crippen molar-refractivity contribution in [1.82, 2.24) is 10.2 Å². The molecule has 0 spiro atoms. The van der Waals surface area contributed by atoms with E-state index >= 15 is 0 Å². The molecule has 0 bridgehead atoms. The number of carbonyl (C=O) groups is 1. The minimum Gasteiger partial charge on any atom is -0.478 e. The number of aromatic carboxylic acids is 1. The average molecular weight is 392 g/mol. The summed E-state index contributed by atoms with van der Waals surface area (Å²) in [5.41, 5.74) is 2.61. The molecule has 140 valence electrons. The molecule has 6 nitrogen and oxygen atoms in total. The molecule has 0 atom stereocenters. The first-order valence-electron chi connectivity index (χ1n) is 8.51. The van der Waals surface area contributed by atoms with Crippen LogP contribution < -0.4 is 0 Å². The molecule has 4 aromatic rings. The number of rotatable bonds is 5. The largest absolute Gasteiger partial charge is 0.478 e. The lowest BCUT2D eigenvalue weighted by Gasteiger charge is -2.11. The standard InChI is InChI=1S/C21H16N2O4S/c24-21(25)19-8-6-15(14-4-2-1-3-5-14)10-17(19)13-28(26,27)18-7-9-20-16(11-18)12-22-23-20/h1-12H,13H2,(H,22,23)(H,24,25). The normalized spacial score (nSPS) is 11.6. The lowest BCUT2D eigenvalue weighted by Crippen LogP contribution is -2.10. The Morgan fingerprint density at radius 2 is 1.75 bits per heavy atom. The summed E-state index contributed by atoms with van der Waals surface area (Å²) in [5.74, 6) is -1.56.